The second-order valence-electron chi connectivity index (χ2n) is 4.71. The lowest BCUT2D eigenvalue weighted by Gasteiger charge is -2.18. The maximum Gasteiger partial charge on any atom is 0.261 e. The Morgan fingerprint density at radius 3 is 2.74 bits per heavy atom. The van der Waals surface area contributed by atoms with Gasteiger partial charge in [0.15, 0.2) is 0 Å². The van der Waals surface area contributed by atoms with Crippen LogP contribution in [0.2, 0.25) is 0 Å². The Morgan fingerprint density at radius 2 is 2.05 bits per heavy atom. The van der Waals surface area contributed by atoms with E-state index in [9.17, 15) is 4.79 Å². The Balaban J connectivity index is 2.56. The molecule has 0 saturated carbocycles. The summed E-state index contributed by atoms with van der Waals surface area (Å²) in [6.07, 6.45) is 1.06. The van der Waals surface area contributed by atoms with E-state index in [-0.39, 0.29) is 11.6 Å². The first-order chi connectivity index (χ1) is 9.19. The van der Waals surface area contributed by atoms with Crippen molar-refractivity contribution in [1.29, 1.82) is 0 Å². The summed E-state index contributed by atoms with van der Waals surface area (Å²) in [5.41, 5.74) is 0.825. The molecule has 0 amide bonds. The van der Waals surface area contributed by atoms with Gasteiger partial charge in [-0.2, -0.15) is 0 Å². The van der Waals surface area contributed by atoms with Gasteiger partial charge < -0.3 is 5.32 Å². The van der Waals surface area contributed by atoms with Crippen LogP contribution in [0.15, 0.2) is 29.1 Å². The minimum Gasteiger partial charge on any atom is -0.308 e. The predicted octanol–water partition coefficient (Wildman–Crippen LogP) is 2.48. The van der Waals surface area contributed by atoms with Crippen LogP contribution in [0, 0.1) is 0 Å². The lowest BCUT2D eigenvalue weighted by Crippen LogP contribution is -2.31. The first-order valence-electron chi connectivity index (χ1n) is 6.91. The van der Waals surface area contributed by atoms with Gasteiger partial charge in [-0.05, 0) is 38.9 Å². The Morgan fingerprint density at radius 1 is 1.32 bits per heavy atom. The summed E-state index contributed by atoms with van der Waals surface area (Å²) in [5.74, 6) is 0.819. The molecule has 1 N–H and O–H groups in total. The molecule has 0 aliphatic rings. The molecule has 102 valence electrons. The molecule has 4 nitrogen and oxygen atoms in total. The number of fused-ring (bicyclic) bond motifs is 1. The molecule has 4 heteroatoms. The number of hydrogen-bond acceptors (Lipinski definition) is 3. The third kappa shape index (κ3) is 2.68. The monoisotopic (exact) mass is 259 g/mol. The quantitative estimate of drug-likeness (QED) is 0.897. The van der Waals surface area contributed by atoms with Crippen LogP contribution in [-0.2, 0) is 6.54 Å². The van der Waals surface area contributed by atoms with E-state index in [0.29, 0.717) is 11.9 Å². The van der Waals surface area contributed by atoms with Gasteiger partial charge in [0.25, 0.3) is 5.56 Å². The minimum absolute atomic E-state index is 0.0493. The van der Waals surface area contributed by atoms with E-state index in [1.807, 2.05) is 31.2 Å². The highest BCUT2D eigenvalue weighted by Crippen LogP contribution is 2.13. The molecule has 1 heterocycles. The molecular formula is C15H21N3O. The lowest BCUT2D eigenvalue weighted by molar-refractivity contribution is 0.504. The number of hydrogen-bond donors (Lipinski definition) is 1. The van der Waals surface area contributed by atoms with E-state index in [4.69, 9.17) is 0 Å². The zero-order valence-electron chi connectivity index (χ0n) is 11.8. The fourth-order valence-electron chi connectivity index (χ4n) is 2.27. The highest BCUT2D eigenvalue weighted by Gasteiger charge is 2.14. The Bertz CT molecular complexity index is 618. The second kappa shape index (κ2) is 5.97. The van der Waals surface area contributed by atoms with Crippen molar-refractivity contribution in [2.75, 3.05) is 6.54 Å². The van der Waals surface area contributed by atoms with Gasteiger partial charge in [0.2, 0.25) is 0 Å². The maximum atomic E-state index is 12.5. The number of para-hydroxylation sites is 1. The number of benzene rings is 1. The molecule has 0 bridgehead atoms. The molecule has 0 aliphatic heterocycles. The standard InChI is InChI=1S/C15H21N3O/c1-4-10-16-11(3)14-17-13-9-7-6-8-12(13)15(19)18(14)5-2/h6-9,11,16H,4-5,10H2,1-3H3/t11-/m1/s1. The molecule has 0 spiro atoms. The van der Waals surface area contributed by atoms with E-state index in [0.717, 1.165) is 24.3 Å². The van der Waals surface area contributed by atoms with Crippen molar-refractivity contribution in [2.45, 2.75) is 39.8 Å². The Hall–Kier alpha value is -1.68. The third-order valence-electron chi connectivity index (χ3n) is 3.30. The Labute approximate surface area is 113 Å². The molecular weight excluding hydrogens is 238 g/mol. The summed E-state index contributed by atoms with van der Waals surface area (Å²) in [4.78, 5) is 17.1. The van der Waals surface area contributed by atoms with Crippen molar-refractivity contribution in [3.05, 3.63) is 40.4 Å². The summed E-state index contributed by atoms with van der Waals surface area (Å²) < 4.78 is 1.76. The topological polar surface area (TPSA) is 46.9 Å². The number of nitrogens with one attached hydrogen (secondary N) is 1. The fourth-order valence-corrected chi connectivity index (χ4v) is 2.27. The molecule has 2 rings (SSSR count). The average Bonchev–Trinajstić information content (AvgIpc) is 2.44. The summed E-state index contributed by atoms with van der Waals surface area (Å²) in [6, 6.07) is 7.61. The van der Waals surface area contributed by atoms with E-state index >= 15 is 0 Å². The minimum atomic E-state index is 0.0493. The molecule has 0 saturated heterocycles. The summed E-state index contributed by atoms with van der Waals surface area (Å²) in [6.45, 7) is 7.73. The zero-order valence-corrected chi connectivity index (χ0v) is 11.8. The Kier molecular flexibility index (Phi) is 4.32. The highest BCUT2D eigenvalue weighted by molar-refractivity contribution is 5.77. The van der Waals surface area contributed by atoms with Gasteiger partial charge >= 0.3 is 0 Å². The van der Waals surface area contributed by atoms with Crippen molar-refractivity contribution < 1.29 is 0 Å². The van der Waals surface area contributed by atoms with Gasteiger partial charge in [-0.15, -0.1) is 0 Å². The van der Waals surface area contributed by atoms with Crippen LogP contribution in [0.5, 0.6) is 0 Å². The van der Waals surface area contributed by atoms with Crippen LogP contribution >= 0.6 is 0 Å². The molecule has 1 aromatic heterocycles. The second-order valence-corrected chi connectivity index (χ2v) is 4.71. The van der Waals surface area contributed by atoms with E-state index < -0.39 is 0 Å². The predicted molar refractivity (Wildman–Crippen MR) is 78.4 cm³/mol. The van der Waals surface area contributed by atoms with Crippen molar-refractivity contribution >= 4 is 10.9 Å². The van der Waals surface area contributed by atoms with Crippen molar-refractivity contribution in [3.63, 3.8) is 0 Å². The van der Waals surface area contributed by atoms with Crippen LogP contribution in [0.3, 0.4) is 0 Å². The van der Waals surface area contributed by atoms with Crippen LogP contribution in [0.4, 0.5) is 0 Å². The van der Waals surface area contributed by atoms with E-state index in [1.165, 1.54) is 0 Å². The van der Waals surface area contributed by atoms with Crippen LogP contribution in [0.25, 0.3) is 10.9 Å². The van der Waals surface area contributed by atoms with Gasteiger partial charge in [0.1, 0.15) is 5.82 Å². The van der Waals surface area contributed by atoms with Gasteiger partial charge in [-0.25, -0.2) is 4.98 Å². The normalized spacial score (nSPS) is 12.8. The molecule has 2 aromatic rings. The number of aromatic nitrogens is 2. The van der Waals surface area contributed by atoms with Gasteiger partial charge in [0.05, 0.1) is 16.9 Å². The number of nitrogens with zero attached hydrogens (tertiary/aromatic N) is 2. The van der Waals surface area contributed by atoms with Crippen molar-refractivity contribution in [2.24, 2.45) is 0 Å². The van der Waals surface area contributed by atoms with E-state index in [2.05, 4.69) is 24.1 Å². The maximum absolute atomic E-state index is 12.5. The zero-order chi connectivity index (χ0) is 13.8. The van der Waals surface area contributed by atoms with E-state index in [1.54, 1.807) is 4.57 Å². The summed E-state index contributed by atoms with van der Waals surface area (Å²) in [5, 5.41) is 4.08. The number of rotatable bonds is 5. The first-order valence-corrected chi connectivity index (χ1v) is 6.91. The first kappa shape index (κ1) is 13.7. The third-order valence-corrected chi connectivity index (χ3v) is 3.30. The molecule has 1 atom stereocenters. The summed E-state index contributed by atoms with van der Waals surface area (Å²) in [7, 11) is 0. The van der Waals surface area contributed by atoms with Gasteiger partial charge in [-0.3, -0.25) is 9.36 Å². The summed E-state index contributed by atoms with van der Waals surface area (Å²) >= 11 is 0. The smallest absolute Gasteiger partial charge is 0.261 e. The van der Waals surface area contributed by atoms with Crippen LogP contribution in [-0.4, -0.2) is 16.1 Å². The molecule has 0 radical (unpaired) electrons. The van der Waals surface area contributed by atoms with Crippen LogP contribution < -0.4 is 10.9 Å². The molecule has 0 fully saturated rings. The fraction of sp³-hybridized carbons (Fsp3) is 0.467. The average molecular weight is 259 g/mol. The van der Waals surface area contributed by atoms with Gasteiger partial charge in [0, 0.05) is 6.54 Å². The van der Waals surface area contributed by atoms with Crippen molar-refractivity contribution in [3.8, 4) is 0 Å². The molecule has 1 aromatic carbocycles. The largest absolute Gasteiger partial charge is 0.308 e. The van der Waals surface area contributed by atoms with Crippen LogP contribution in [0.1, 0.15) is 39.1 Å². The molecule has 0 unspecified atom stereocenters. The van der Waals surface area contributed by atoms with Crippen molar-refractivity contribution in [1.82, 2.24) is 14.9 Å². The SMILES string of the molecule is CCCN[C@H](C)c1nc2ccccc2c(=O)n1CC. The lowest BCUT2D eigenvalue weighted by atomic mass is 10.2. The van der Waals surface area contributed by atoms with Gasteiger partial charge in [-0.1, -0.05) is 19.1 Å². The molecule has 0 aliphatic carbocycles. The molecule has 19 heavy (non-hydrogen) atoms. The highest BCUT2D eigenvalue weighted by atomic mass is 16.1.